The molecule has 3 aromatic rings. The number of nitrogens with zero attached hydrogens (tertiary/aromatic N) is 4. The minimum absolute atomic E-state index is 0.0474. The molecular weight excluding hydrogens is 404 g/mol. The predicted molar refractivity (Wildman–Crippen MR) is 120 cm³/mol. The molecule has 2 fully saturated rings. The van der Waals surface area contributed by atoms with Gasteiger partial charge in [-0.1, -0.05) is 18.2 Å². The minimum atomic E-state index is -0.451. The Bertz CT molecular complexity index is 1120. The van der Waals surface area contributed by atoms with Crippen LogP contribution in [0.4, 0.5) is 11.5 Å². The summed E-state index contributed by atoms with van der Waals surface area (Å²) in [6.07, 6.45) is 6.07. The monoisotopic (exact) mass is 428 g/mol. The molecule has 2 amide bonds. The van der Waals surface area contributed by atoms with Gasteiger partial charge in [-0.05, 0) is 43.5 Å². The first-order valence-electron chi connectivity index (χ1n) is 10.9. The second kappa shape index (κ2) is 8.74. The molecule has 2 aliphatic rings. The number of carbonyl (C=O) groups is 2. The molecule has 0 bridgehead atoms. The number of hydrogen-bond acceptors (Lipinski definition) is 6. The van der Waals surface area contributed by atoms with Crippen molar-refractivity contribution in [2.75, 3.05) is 11.9 Å². The molecular formula is C24H24N6O2. The fourth-order valence-electron chi connectivity index (χ4n) is 4.32. The van der Waals surface area contributed by atoms with Gasteiger partial charge >= 0.3 is 0 Å². The molecule has 0 unspecified atom stereocenters. The number of rotatable bonds is 5. The molecule has 162 valence electrons. The van der Waals surface area contributed by atoms with Crippen molar-refractivity contribution in [1.29, 1.82) is 0 Å². The van der Waals surface area contributed by atoms with Crippen LogP contribution in [0, 0.1) is 0 Å². The smallest absolute Gasteiger partial charge is 0.245 e. The second-order valence-electron chi connectivity index (χ2n) is 8.07. The van der Waals surface area contributed by atoms with Crippen LogP contribution >= 0.6 is 0 Å². The predicted octanol–water partition coefficient (Wildman–Crippen LogP) is 3.22. The summed E-state index contributed by atoms with van der Waals surface area (Å²) < 4.78 is 0. The Balaban J connectivity index is 1.49. The molecule has 0 spiro atoms. The third-order valence-electron chi connectivity index (χ3n) is 5.89. The third-order valence-corrected chi connectivity index (χ3v) is 5.89. The first kappa shape index (κ1) is 20.1. The van der Waals surface area contributed by atoms with Gasteiger partial charge in [0.15, 0.2) is 5.82 Å². The van der Waals surface area contributed by atoms with Crippen molar-refractivity contribution in [2.24, 2.45) is 0 Å². The number of benzene rings is 1. The van der Waals surface area contributed by atoms with Gasteiger partial charge in [0.2, 0.25) is 11.8 Å². The number of aromatic nitrogens is 3. The molecule has 8 nitrogen and oxygen atoms in total. The van der Waals surface area contributed by atoms with Gasteiger partial charge in [-0.3, -0.25) is 14.6 Å². The van der Waals surface area contributed by atoms with E-state index in [1.165, 1.54) is 0 Å². The van der Waals surface area contributed by atoms with Crippen LogP contribution < -0.4 is 10.6 Å². The average Bonchev–Trinajstić information content (AvgIpc) is 3.49. The Morgan fingerprint density at radius 3 is 2.62 bits per heavy atom. The van der Waals surface area contributed by atoms with Crippen LogP contribution in [-0.4, -0.2) is 44.3 Å². The maximum atomic E-state index is 13.1. The standard InChI is InChI=1S/C24H24N6O2/c31-22-9-8-18(27-22)24(32)30-14-4-7-20(30)23-28-19(16-10-12-25-13-11-16)15-21(29-23)26-17-5-2-1-3-6-17/h1-3,5-6,10-13,15,18,20H,4,7-9,14H2,(H,27,31)(H,26,28,29)/t18-,20-/m1/s1. The lowest BCUT2D eigenvalue weighted by Gasteiger charge is -2.27. The van der Waals surface area contributed by atoms with E-state index >= 15 is 0 Å². The number of nitrogens with one attached hydrogen (secondary N) is 2. The second-order valence-corrected chi connectivity index (χ2v) is 8.07. The van der Waals surface area contributed by atoms with Crippen molar-refractivity contribution in [2.45, 2.75) is 37.8 Å². The molecule has 32 heavy (non-hydrogen) atoms. The molecule has 2 saturated heterocycles. The van der Waals surface area contributed by atoms with E-state index < -0.39 is 6.04 Å². The van der Waals surface area contributed by atoms with E-state index in [1.807, 2.05) is 53.4 Å². The largest absolute Gasteiger partial charge is 0.344 e. The molecule has 2 N–H and O–H groups in total. The fourth-order valence-corrected chi connectivity index (χ4v) is 4.32. The third kappa shape index (κ3) is 4.16. The van der Waals surface area contributed by atoms with Crippen molar-refractivity contribution in [3.8, 4) is 11.3 Å². The lowest BCUT2D eigenvalue weighted by atomic mass is 10.1. The van der Waals surface area contributed by atoms with Crippen LogP contribution in [0.3, 0.4) is 0 Å². The highest BCUT2D eigenvalue weighted by atomic mass is 16.2. The summed E-state index contributed by atoms with van der Waals surface area (Å²) in [7, 11) is 0. The number of likely N-dealkylation sites (tertiary alicyclic amines) is 1. The van der Waals surface area contributed by atoms with Crippen LogP contribution in [0.15, 0.2) is 60.9 Å². The quantitative estimate of drug-likeness (QED) is 0.647. The number of anilines is 2. The maximum absolute atomic E-state index is 13.1. The van der Waals surface area contributed by atoms with E-state index in [2.05, 4.69) is 15.6 Å². The lowest BCUT2D eigenvalue weighted by molar-refractivity contribution is -0.135. The molecule has 5 rings (SSSR count). The number of pyridine rings is 1. The van der Waals surface area contributed by atoms with Gasteiger partial charge in [-0.15, -0.1) is 0 Å². The normalized spacial score (nSPS) is 20.2. The molecule has 0 aliphatic carbocycles. The molecule has 8 heteroatoms. The van der Waals surface area contributed by atoms with Gasteiger partial charge in [0.05, 0.1) is 11.7 Å². The zero-order valence-electron chi connectivity index (χ0n) is 17.6. The molecule has 2 aliphatic heterocycles. The van der Waals surface area contributed by atoms with E-state index in [0.29, 0.717) is 31.0 Å². The van der Waals surface area contributed by atoms with Crippen molar-refractivity contribution in [3.63, 3.8) is 0 Å². The highest BCUT2D eigenvalue weighted by Gasteiger charge is 2.38. The maximum Gasteiger partial charge on any atom is 0.245 e. The Labute approximate surface area is 186 Å². The fraction of sp³-hybridized carbons (Fsp3) is 0.292. The van der Waals surface area contributed by atoms with Gasteiger partial charge in [0.25, 0.3) is 0 Å². The zero-order valence-corrected chi connectivity index (χ0v) is 17.6. The summed E-state index contributed by atoms with van der Waals surface area (Å²) in [5.41, 5.74) is 2.62. The SMILES string of the molecule is O=C1CC[C@H](C(=O)N2CCC[C@@H]2c2nc(Nc3ccccc3)cc(-c3ccncc3)n2)N1. The lowest BCUT2D eigenvalue weighted by Crippen LogP contribution is -2.44. The highest BCUT2D eigenvalue weighted by molar-refractivity contribution is 5.91. The minimum Gasteiger partial charge on any atom is -0.344 e. The van der Waals surface area contributed by atoms with E-state index in [9.17, 15) is 9.59 Å². The van der Waals surface area contributed by atoms with E-state index in [0.717, 1.165) is 29.8 Å². The number of hydrogen-bond donors (Lipinski definition) is 2. The van der Waals surface area contributed by atoms with Crippen LogP contribution in [0.1, 0.15) is 37.5 Å². The Kier molecular flexibility index (Phi) is 5.49. The van der Waals surface area contributed by atoms with Crippen molar-refractivity contribution >= 4 is 23.3 Å². The Morgan fingerprint density at radius 1 is 1.06 bits per heavy atom. The van der Waals surface area contributed by atoms with Gasteiger partial charge in [0, 0.05) is 42.7 Å². The number of amides is 2. The topological polar surface area (TPSA) is 100 Å². The van der Waals surface area contributed by atoms with Crippen molar-refractivity contribution in [1.82, 2.24) is 25.2 Å². The molecule has 0 saturated carbocycles. The van der Waals surface area contributed by atoms with Gasteiger partial charge in [-0.25, -0.2) is 9.97 Å². The van der Waals surface area contributed by atoms with E-state index in [1.54, 1.807) is 12.4 Å². The summed E-state index contributed by atoms with van der Waals surface area (Å²) in [6, 6.07) is 14.9. The van der Waals surface area contributed by atoms with Crippen LogP contribution in [0.25, 0.3) is 11.3 Å². The van der Waals surface area contributed by atoms with Gasteiger partial charge in [-0.2, -0.15) is 0 Å². The summed E-state index contributed by atoms with van der Waals surface area (Å²) in [5.74, 6) is 1.16. The zero-order chi connectivity index (χ0) is 21.9. The summed E-state index contributed by atoms with van der Waals surface area (Å²) >= 11 is 0. The van der Waals surface area contributed by atoms with Crippen LogP contribution in [0.5, 0.6) is 0 Å². The first-order valence-corrected chi connectivity index (χ1v) is 10.9. The molecule has 2 aromatic heterocycles. The van der Waals surface area contributed by atoms with Crippen LogP contribution in [-0.2, 0) is 9.59 Å². The van der Waals surface area contributed by atoms with E-state index in [4.69, 9.17) is 9.97 Å². The van der Waals surface area contributed by atoms with Gasteiger partial charge < -0.3 is 15.5 Å². The first-order chi connectivity index (χ1) is 15.7. The highest BCUT2D eigenvalue weighted by Crippen LogP contribution is 2.33. The van der Waals surface area contributed by atoms with Crippen molar-refractivity contribution < 1.29 is 9.59 Å². The van der Waals surface area contributed by atoms with Crippen LogP contribution in [0.2, 0.25) is 0 Å². The average molecular weight is 428 g/mol. The Morgan fingerprint density at radius 2 is 1.88 bits per heavy atom. The summed E-state index contributed by atoms with van der Waals surface area (Å²) in [4.78, 5) is 40.3. The summed E-state index contributed by atoms with van der Waals surface area (Å²) in [6.45, 7) is 0.639. The van der Waals surface area contributed by atoms with Crippen molar-refractivity contribution in [3.05, 3.63) is 66.7 Å². The molecule has 1 aromatic carbocycles. The summed E-state index contributed by atoms with van der Waals surface area (Å²) in [5, 5.41) is 6.15. The molecule has 2 atom stereocenters. The molecule has 0 radical (unpaired) electrons. The van der Waals surface area contributed by atoms with E-state index in [-0.39, 0.29) is 17.9 Å². The number of para-hydroxylation sites is 1. The molecule has 4 heterocycles. The Hall–Kier alpha value is -3.81. The van der Waals surface area contributed by atoms with Gasteiger partial charge in [0.1, 0.15) is 11.9 Å². The number of carbonyl (C=O) groups excluding carboxylic acids is 2.